The van der Waals surface area contributed by atoms with Crippen molar-refractivity contribution in [3.05, 3.63) is 30.3 Å². The van der Waals surface area contributed by atoms with Crippen molar-refractivity contribution in [2.45, 2.75) is 63.8 Å². The third-order valence-corrected chi connectivity index (χ3v) is 9.50. The van der Waals surface area contributed by atoms with Gasteiger partial charge in [-0.1, -0.05) is 39.0 Å². The van der Waals surface area contributed by atoms with Gasteiger partial charge in [0.2, 0.25) is 17.7 Å². The molecule has 2 bridgehead atoms. The van der Waals surface area contributed by atoms with Gasteiger partial charge < -0.3 is 30.1 Å². The Hall–Kier alpha value is -2.53. The summed E-state index contributed by atoms with van der Waals surface area (Å²) in [4.78, 5) is 46.1. The van der Waals surface area contributed by atoms with Gasteiger partial charge in [0, 0.05) is 31.9 Å². The Labute approximate surface area is 236 Å². The predicted octanol–water partition coefficient (Wildman–Crippen LogP) is 1.49. The largest absolute Gasteiger partial charge is 0.394 e. The highest BCUT2D eigenvalue weighted by Crippen LogP contribution is 2.65. The van der Waals surface area contributed by atoms with Crippen LogP contribution in [0.2, 0.25) is 0 Å². The lowest BCUT2D eigenvalue weighted by molar-refractivity contribution is -0.150. The number of hydrogen-bond donors (Lipinski definition) is 3. The molecule has 0 aromatic heterocycles. The number of morpholine rings is 1. The van der Waals surface area contributed by atoms with Crippen LogP contribution >= 0.6 is 0 Å². The first-order chi connectivity index (χ1) is 19.1. The van der Waals surface area contributed by atoms with Crippen LogP contribution in [0.1, 0.15) is 40.5 Å². The summed E-state index contributed by atoms with van der Waals surface area (Å²) in [6, 6.07) is 7.71. The fraction of sp³-hybridized carbons (Fsp3) is 0.700. The number of rotatable bonds is 10. The number of amides is 3. The Morgan fingerprint density at radius 2 is 1.85 bits per heavy atom. The van der Waals surface area contributed by atoms with Gasteiger partial charge in [-0.3, -0.25) is 19.3 Å². The van der Waals surface area contributed by atoms with E-state index in [2.05, 4.69) is 15.5 Å². The average Bonchev–Trinajstić information content (AvgIpc) is 3.45. The van der Waals surface area contributed by atoms with E-state index in [0.717, 1.165) is 13.1 Å². The smallest absolute Gasteiger partial charge is 0.245 e. The SMILES string of the molecule is CC(C)C[C@H](CO)N1C(=O)[C@@H]2[C@H](C(=O)Nc3ccccc3)[C@@]3(C)OC2(CC3C)C1C(=O)NCCN1CCOCC1. The van der Waals surface area contributed by atoms with Crippen LogP contribution < -0.4 is 10.6 Å². The fourth-order valence-corrected chi connectivity index (χ4v) is 7.59. The number of aliphatic hydroxyl groups excluding tert-OH is 1. The zero-order valence-electron chi connectivity index (χ0n) is 24.1. The summed E-state index contributed by atoms with van der Waals surface area (Å²) in [5.74, 6) is -2.28. The lowest BCUT2D eigenvalue weighted by Gasteiger charge is -2.37. The molecule has 1 aromatic rings. The molecule has 1 spiro atoms. The average molecular weight is 557 g/mol. The first-order valence-electron chi connectivity index (χ1n) is 14.7. The van der Waals surface area contributed by atoms with E-state index in [-0.39, 0.29) is 36.2 Å². The second kappa shape index (κ2) is 11.4. The minimum Gasteiger partial charge on any atom is -0.394 e. The van der Waals surface area contributed by atoms with Gasteiger partial charge in [-0.15, -0.1) is 0 Å². The van der Waals surface area contributed by atoms with Gasteiger partial charge in [0.25, 0.3) is 0 Å². The molecule has 5 rings (SSSR count). The van der Waals surface area contributed by atoms with Crippen LogP contribution in [0.5, 0.6) is 0 Å². The normalized spacial score (nSPS) is 34.2. The van der Waals surface area contributed by atoms with Gasteiger partial charge in [-0.2, -0.15) is 0 Å². The topological polar surface area (TPSA) is 120 Å². The maximum Gasteiger partial charge on any atom is 0.245 e. The number of ether oxygens (including phenoxy) is 2. The summed E-state index contributed by atoms with van der Waals surface area (Å²) in [7, 11) is 0. The minimum absolute atomic E-state index is 0.0515. The van der Waals surface area contributed by atoms with Crippen molar-refractivity contribution >= 4 is 23.4 Å². The molecular weight excluding hydrogens is 512 g/mol. The Bertz CT molecular complexity index is 1090. The van der Waals surface area contributed by atoms with Crippen LogP contribution in [-0.2, 0) is 23.9 Å². The van der Waals surface area contributed by atoms with E-state index in [4.69, 9.17) is 9.47 Å². The first kappa shape index (κ1) is 29.0. The van der Waals surface area contributed by atoms with Crippen molar-refractivity contribution in [2.24, 2.45) is 23.7 Å². The Morgan fingerprint density at radius 1 is 1.15 bits per heavy atom. The zero-order valence-corrected chi connectivity index (χ0v) is 24.1. The molecule has 4 saturated heterocycles. The molecule has 4 heterocycles. The molecule has 3 unspecified atom stereocenters. The summed E-state index contributed by atoms with van der Waals surface area (Å²) in [6.07, 6.45) is 1.03. The highest BCUT2D eigenvalue weighted by atomic mass is 16.5. The van der Waals surface area contributed by atoms with E-state index in [1.807, 2.05) is 58.0 Å². The third-order valence-electron chi connectivity index (χ3n) is 9.50. The van der Waals surface area contributed by atoms with Gasteiger partial charge in [0.05, 0.1) is 43.3 Å². The lowest BCUT2D eigenvalue weighted by atomic mass is 9.62. The van der Waals surface area contributed by atoms with E-state index in [1.165, 1.54) is 0 Å². The molecule has 7 atom stereocenters. The van der Waals surface area contributed by atoms with Crippen LogP contribution in [0.4, 0.5) is 5.69 Å². The molecule has 4 aliphatic heterocycles. The van der Waals surface area contributed by atoms with Gasteiger partial charge in [0.15, 0.2) is 0 Å². The number of nitrogens with one attached hydrogen (secondary N) is 2. The molecular formula is C30H44N4O6. The Kier molecular flexibility index (Phi) is 8.25. The molecule has 3 amide bonds. The molecule has 40 heavy (non-hydrogen) atoms. The quantitative estimate of drug-likeness (QED) is 0.399. The van der Waals surface area contributed by atoms with Gasteiger partial charge in [-0.25, -0.2) is 0 Å². The van der Waals surface area contributed by atoms with E-state index in [0.29, 0.717) is 44.8 Å². The second-order valence-electron chi connectivity index (χ2n) is 12.5. The van der Waals surface area contributed by atoms with Gasteiger partial charge in [-0.05, 0) is 43.7 Å². The molecule has 0 aliphatic carbocycles. The van der Waals surface area contributed by atoms with Crippen LogP contribution in [-0.4, -0.2) is 102 Å². The maximum absolute atomic E-state index is 14.4. The number of fused-ring (bicyclic) bond motifs is 1. The van der Waals surface area contributed by atoms with Crippen molar-refractivity contribution in [3.63, 3.8) is 0 Å². The third kappa shape index (κ3) is 4.93. The zero-order chi connectivity index (χ0) is 28.7. The highest BCUT2D eigenvalue weighted by Gasteiger charge is 2.80. The second-order valence-corrected chi connectivity index (χ2v) is 12.5. The summed E-state index contributed by atoms with van der Waals surface area (Å²) >= 11 is 0. The lowest BCUT2D eigenvalue weighted by Crippen LogP contribution is -2.59. The van der Waals surface area contributed by atoms with Gasteiger partial charge >= 0.3 is 0 Å². The van der Waals surface area contributed by atoms with Gasteiger partial charge in [0.1, 0.15) is 11.6 Å². The minimum atomic E-state index is -1.14. The number of carbonyl (C=O) groups is 3. The van der Waals surface area contributed by atoms with Crippen LogP contribution in [0.25, 0.3) is 0 Å². The number of nitrogens with zero attached hydrogens (tertiary/aromatic N) is 2. The molecule has 4 fully saturated rings. The molecule has 10 heteroatoms. The summed E-state index contributed by atoms with van der Waals surface area (Å²) in [6.45, 7) is 11.8. The maximum atomic E-state index is 14.4. The van der Waals surface area contributed by atoms with Crippen molar-refractivity contribution in [1.82, 2.24) is 15.1 Å². The summed E-state index contributed by atoms with van der Waals surface area (Å²) < 4.78 is 12.2. The van der Waals surface area contributed by atoms with Crippen LogP contribution in [0, 0.1) is 23.7 Å². The van der Waals surface area contributed by atoms with Crippen molar-refractivity contribution < 1.29 is 29.0 Å². The summed E-state index contributed by atoms with van der Waals surface area (Å²) in [5.41, 5.74) is -1.39. The molecule has 3 N–H and O–H groups in total. The molecule has 1 aromatic carbocycles. The summed E-state index contributed by atoms with van der Waals surface area (Å²) in [5, 5.41) is 16.5. The molecule has 220 valence electrons. The van der Waals surface area contributed by atoms with Crippen molar-refractivity contribution in [1.29, 1.82) is 0 Å². The molecule has 4 aliphatic rings. The number of carbonyl (C=O) groups excluding carboxylic acids is 3. The van der Waals surface area contributed by atoms with Crippen molar-refractivity contribution in [3.8, 4) is 0 Å². The van der Waals surface area contributed by atoms with Crippen LogP contribution in [0.3, 0.4) is 0 Å². The van der Waals surface area contributed by atoms with Crippen molar-refractivity contribution in [2.75, 3.05) is 51.3 Å². The van der Waals surface area contributed by atoms with E-state index in [1.54, 1.807) is 4.90 Å². The Morgan fingerprint density at radius 3 is 2.50 bits per heavy atom. The van der Waals surface area contributed by atoms with E-state index < -0.39 is 35.1 Å². The Balaban J connectivity index is 1.46. The van der Waals surface area contributed by atoms with E-state index in [9.17, 15) is 19.5 Å². The molecule has 0 radical (unpaired) electrons. The number of likely N-dealkylation sites (tertiary alicyclic amines) is 1. The standard InChI is InChI=1S/C30H44N4O6/c1-19(2)16-22(18-35)34-25(27(37)31-10-11-33-12-14-39-15-13-33)30-17-20(3)29(4,40-30)23(24(30)28(34)38)26(36)32-21-8-6-5-7-9-21/h5-9,19-20,22-25,35H,10-18H2,1-4H3,(H,31,37)(H,32,36)/t20?,22-,23-,24+,25?,29+,30?/m1/s1. The molecule has 10 nitrogen and oxygen atoms in total. The van der Waals surface area contributed by atoms with Crippen LogP contribution in [0.15, 0.2) is 30.3 Å². The highest BCUT2D eigenvalue weighted by molar-refractivity contribution is 6.02. The number of benzene rings is 1. The number of anilines is 1. The number of aliphatic hydroxyl groups is 1. The monoisotopic (exact) mass is 556 g/mol. The fourth-order valence-electron chi connectivity index (χ4n) is 7.59. The number of hydrogen-bond acceptors (Lipinski definition) is 7. The first-order valence-corrected chi connectivity index (χ1v) is 14.7. The molecule has 0 saturated carbocycles. The van der Waals surface area contributed by atoms with E-state index >= 15 is 0 Å². The predicted molar refractivity (Wildman–Crippen MR) is 149 cm³/mol. The number of para-hydroxylation sites is 1.